The molecule has 0 saturated heterocycles. The Balaban J connectivity index is 4.42. The van der Waals surface area contributed by atoms with Crippen LogP contribution >= 0.6 is 0 Å². The van der Waals surface area contributed by atoms with E-state index >= 15 is 0 Å². The van der Waals surface area contributed by atoms with Crippen LogP contribution in [0.5, 0.6) is 0 Å². The maximum atomic E-state index is 11.7. The maximum absolute atomic E-state index is 11.7. The van der Waals surface area contributed by atoms with Crippen LogP contribution < -0.4 is 5.32 Å². The van der Waals surface area contributed by atoms with E-state index in [4.69, 9.17) is 4.55 Å². The van der Waals surface area contributed by atoms with Gasteiger partial charge in [-0.1, -0.05) is 34.6 Å². The van der Waals surface area contributed by atoms with Gasteiger partial charge < -0.3 is 9.87 Å². The fourth-order valence-electron chi connectivity index (χ4n) is 0.939. The number of nitrogens with one attached hydrogen (secondary N) is 1. The monoisotopic (exact) mass is 235 g/mol. The van der Waals surface area contributed by atoms with Gasteiger partial charge in [0.1, 0.15) is 0 Å². The second-order valence-electron chi connectivity index (χ2n) is 5.06. The molecule has 2 N–H and O–H groups in total. The average molecular weight is 235 g/mol. The van der Waals surface area contributed by atoms with Gasteiger partial charge in [-0.25, -0.2) is 4.21 Å². The van der Waals surface area contributed by atoms with Crippen molar-refractivity contribution in [3.05, 3.63) is 0 Å². The molecule has 0 aliphatic rings. The summed E-state index contributed by atoms with van der Waals surface area (Å²) in [6.07, 6.45) is 0. The summed E-state index contributed by atoms with van der Waals surface area (Å²) in [6.45, 7) is 9.28. The molecule has 0 radical (unpaired) electrons. The SMILES string of the molecule is CC(C)[C@@H](CS(=O)O)NC(=O)C(C)(C)C. The normalized spacial score (nSPS) is 16.2. The van der Waals surface area contributed by atoms with Crippen LogP contribution in [0.25, 0.3) is 0 Å². The highest BCUT2D eigenvalue weighted by molar-refractivity contribution is 7.79. The van der Waals surface area contributed by atoms with Gasteiger partial charge in [-0.3, -0.25) is 4.79 Å². The molecular formula is C10H21NO3S. The number of carbonyl (C=O) groups is 1. The smallest absolute Gasteiger partial charge is 0.225 e. The molecular weight excluding hydrogens is 214 g/mol. The molecule has 0 aromatic carbocycles. The van der Waals surface area contributed by atoms with Crippen molar-refractivity contribution in [2.24, 2.45) is 11.3 Å². The third kappa shape index (κ3) is 5.89. The van der Waals surface area contributed by atoms with E-state index in [9.17, 15) is 9.00 Å². The van der Waals surface area contributed by atoms with Gasteiger partial charge >= 0.3 is 0 Å². The third-order valence-corrected chi connectivity index (χ3v) is 2.77. The molecule has 0 saturated carbocycles. The molecule has 0 heterocycles. The fourth-order valence-corrected chi connectivity index (χ4v) is 1.71. The van der Waals surface area contributed by atoms with E-state index in [1.807, 2.05) is 34.6 Å². The maximum Gasteiger partial charge on any atom is 0.225 e. The van der Waals surface area contributed by atoms with Crippen LogP contribution in [0.1, 0.15) is 34.6 Å². The van der Waals surface area contributed by atoms with Crippen LogP contribution in [0.4, 0.5) is 0 Å². The number of hydrogen-bond donors (Lipinski definition) is 2. The number of amides is 1. The number of carbonyl (C=O) groups excluding carboxylic acids is 1. The summed E-state index contributed by atoms with van der Waals surface area (Å²) >= 11 is -1.87. The number of rotatable bonds is 4. The predicted molar refractivity (Wildman–Crippen MR) is 61.9 cm³/mol. The molecule has 1 amide bonds. The molecule has 15 heavy (non-hydrogen) atoms. The Hall–Kier alpha value is -0.420. The topological polar surface area (TPSA) is 66.4 Å². The lowest BCUT2D eigenvalue weighted by Crippen LogP contribution is -2.46. The minimum absolute atomic E-state index is 0.0828. The summed E-state index contributed by atoms with van der Waals surface area (Å²) in [4.78, 5) is 11.7. The van der Waals surface area contributed by atoms with Crippen molar-refractivity contribution in [1.82, 2.24) is 5.32 Å². The molecule has 0 aromatic heterocycles. The lowest BCUT2D eigenvalue weighted by Gasteiger charge is -2.25. The van der Waals surface area contributed by atoms with Crippen molar-refractivity contribution in [3.8, 4) is 0 Å². The van der Waals surface area contributed by atoms with Crippen molar-refractivity contribution >= 4 is 17.0 Å². The summed E-state index contributed by atoms with van der Waals surface area (Å²) < 4.78 is 19.5. The Kier molecular flexibility index (Phi) is 5.45. The minimum atomic E-state index is -1.87. The zero-order chi connectivity index (χ0) is 12.2. The quantitative estimate of drug-likeness (QED) is 0.724. The highest BCUT2D eigenvalue weighted by Crippen LogP contribution is 2.14. The lowest BCUT2D eigenvalue weighted by molar-refractivity contribution is -0.129. The second kappa shape index (κ2) is 5.61. The highest BCUT2D eigenvalue weighted by Gasteiger charge is 2.26. The molecule has 0 aliphatic heterocycles. The molecule has 0 aliphatic carbocycles. The van der Waals surface area contributed by atoms with Gasteiger partial charge in [-0.15, -0.1) is 0 Å². The summed E-state index contributed by atoms with van der Waals surface area (Å²) in [5.41, 5.74) is -0.468. The summed E-state index contributed by atoms with van der Waals surface area (Å²) in [6, 6.07) is -0.248. The van der Waals surface area contributed by atoms with Gasteiger partial charge in [0.15, 0.2) is 11.1 Å². The summed E-state index contributed by atoms with van der Waals surface area (Å²) in [7, 11) is 0. The zero-order valence-electron chi connectivity index (χ0n) is 10.0. The van der Waals surface area contributed by atoms with Gasteiger partial charge in [0.2, 0.25) is 5.91 Å². The third-order valence-electron chi connectivity index (χ3n) is 2.12. The molecule has 0 rings (SSSR count). The van der Waals surface area contributed by atoms with Crippen molar-refractivity contribution in [1.29, 1.82) is 0 Å². The first-order valence-electron chi connectivity index (χ1n) is 5.03. The zero-order valence-corrected chi connectivity index (χ0v) is 10.9. The first kappa shape index (κ1) is 14.6. The van der Waals surface area contributed by atoms with E-state index in [-0.39, 0.29) is 23.6 Å². The van der Waals surface area contributed by atoms with Crippen LogP contribution in [-0.4, -0.2) is 26.5 Å². The summed E-state index contributed by atoms with van der Waals surface area (Å²) in [5.74, 6) is 0.138. The fraction of sp³-hybridized carbons (Fsp3) is 0.900. The molecule has 0 fully saturated rings. The van der Waals surface area contributed by atoms with Crippen molar-refractivity contribution in [2.75, 3.05) is 5.75 Å². The average Bonchev–Trinajstić information content (AvgIpc) is 1.99. The van der Waals surface area contributed by atoms with Crippen LogP contribution in [0, 0.1) is 11.3 Å². The largest absolute Gasteiger partial charge is 0.352 e. The van der Waals surface area contributed by atoms with E-state index in [0.717, 1.165) is 0 Å². The van der Waals surface area contributed by atoms with Gasteiger partial charge in [0.25, 0.3) is 0 Å². The Morgan fingerprint density at radius 1 is 1.40 bits per heavy atom. The van der Waals surface area contributed by atoms with Crippen LogP contribution in [0.2, 0.25) is 0 Å². The first-order chi connectivity index (χ1) is 6.64. The predicted octanol–water partition coefficient (Wildman–Crippen LogP) is 1.39. The van der Waals surface area contributed by atoms with Crippen molar-refractivity contribution in [2.45, 2.75) is 40.7 Å². The van der Waals surface area contributed by atoms with Crippen molar-refractivity contribution < 1.29 is 13.6 Å². The van der Waals surface area contributed by atoms with Crippen molar-refractivity contribution in [3.63, 3.8) is 0 Å². The molecule has 0 bridgehead atoms. The van der Waals surface area contributed by atoms with Gasteiger partial charge in [-0.2, -0.15) is 0 Å². The lowest BCUT2D eigenvalue weighted by atomic mass is 9.94. The van der Waals surface area contributed by atoms with E-state index in [2.05, 4.69) is 5.32 Å². The van der Waals surface area contributed by atoms with Gasteiger partial charge in [-0.05, 0) is 5.92 Å². The van der Waals surface area contributed by atoms with E-state index in [0.29, 0.717) is 0 Å². The van der Waals surface area contributed by atoms with E-state index in [1.54, 1.807) is 0 Å². The Morgan fingerprint density at radius 2 is 1.87 bits per heavy atom. The van der Waals surface area contributed by atoms with Crippen LogP contribution in [-0.2, 0) is 15.9 Å². The number of hydrogen-bond acceptors (Lipinski definition) is 2. The van der Waals surface area contributed by atoms with Crippen LogP contribution in [0.3, 0.4) is 0 Å². The van der Waals surface area contributed by atoms with Gasteiger partial charge in [0.05, 0.1) is 5.75 Å². The van der Waals surface area contributed by atoms with E-state index in [1.165, 1.54) is 0 Å². The molecule has 2 atom stereocenters. The molecule has 5 heteroatoms. The Morgan fingerprint density at radius 3 is 2.13 bits per heavy atom. The Bertz CT molecular complexity index is 246. The molecule has 0 spiro atoms. The summed E-state index contributed by atoms with van der Waals surface area (Å²) in [5, 5.41) is 2.80. The van der Waals surface area contributed by atoms with E-state index < -0.39 is 16.5 Å². The molecule has 0 aromatic rings. The molecule has 1 unspecified atom stereocenters. The first-order valence-corrected chi connectivity index (χ1v) is 6.30. The molecule has 90 valence electrons. The Labute approximate surface area is 94.1 Å². The minimum Gasteiger partial charge on any atom is -0.352 e. The van der Waals surface area contributed by atoms with Crippen LogP contribution in [0.15, 0.2) is 0 Å². The second-order valence-corrected chi connectivity index (χ2v) is 6.04. The molecule has 4 nitrogen and oxygen atoms in total. The highest BCUT2D eigenvalue weighted by atomic mass is 32.2. The standard InChI is InChI=1S/C10H21NO3S/c1-7(2)8(6-15(13)14)11-9(12)10(3,4)5/h7-8H,6H2,1-5H3,(H,11,12)(H,13,14)/t8-/m1/s1. The van der Waals surface area contributed by atoms with Gasteiger partial charge in [0, 0.05) is 11.5 Å².